The minimum Gasteiger partial charge on any atom is -0.462 e. The molecule has 0 saturated carbocycles. The third-order valence-electron chi connectivity index (χ3n) is 4.07. The molecule has 0 spiro atoms. The van der Waals surface area contributed by atoms with Crippen molar-refractivity contribution in [2.24, 2.45) is 10.9 Å². The second kappa shape index (κ2) is 14.1. The number of aromatic nitrogens is 1. The average Bonchev–Trinajstić information content (AvgIpc) is 3.02. The van der Waals surface area contributed by atoms with Crippen molar-refractivity contribution in [3.63, 3.8) is 0 Å². The van der Waals surface area contributed by atoms with Gasteiger partial charge in [0.15, 0.2) is 5.96 Å². The van der Waals surface area contributed by atoms with E-state index in [-0.39, 0.29) is 42.1 Å². The van der Waals surface area contributed by atoms with Gasteiger partial charge in [0.05, 0.1) is 24.4 Å². The van der Waals surface area contributed by atoms with Gasteiger partial charge in [-0.2, -0.15) is 0 Å². The van der Waals surface area contributed by atoms with Gasteiger partial charge in [0, 0.05) is 20.2 Å². The first-order chi connectivity index (χ1) is 12.8. The number of nitrogens with zero attached hydrogens (tertiary/aromatic N) is 2. The normalized spacial score (nSPS) is 13.6. The van der Waals surface area contributed by atoms with Gasteiger partial charge in [-0.25, -0.2) is 9.78 Å². The van der Waals surface area contributed by atoms with Gasteiger partial charge in [-0.05, 0) is 40.0 Å². The lowest BCUT2D eigenvalue weighted by Crippen LogP contribution is -2.40. The summed E-state index contributed by atoms with van der Waals surface area (Å²) in [6.45, 7) is 13.8. The fraction of sp³-hybridized carbons (Fsp3) is 0.737. The SMILES string of the molecule is CCOC(=O)c1sc(C(C)NC(=NC)NCCC(OCC)C(C)C)nc1C.I. The molecule has 2 N–H and O–H groups in total. The molecule has 9 heteroatoms. The van der Waals surface area contributed by atoms with E-state index in [2.05, 4.69) is 34.5 Å². The van der Waals surface area contributed by atoms with Gasteiger partial charge in [0.1, 0.15) is 9.88 Å². The molecule has 2 atom stereocenters. The van der Waals surface area contributed by atoms with E-state index < -0.39 is 0 Å². The van der Waals surface area contributed by atoms with E-state index >= 15 is 0 Å². The van der Waals surface area contributed by atoms with Crippen LogP contribution in [-0.2, 0) is 9.47 Å². The summed E-state index contributed by atoms with van der Waals surface area (Å²) in [4.78, 5) is 21.3. The first-order valence-corrected chi connectivity index (χ1v) is 10.4. The molecular weight excluding hydrogens is 491 g/mol. The van der Waals surface area contributed by atoms with Crippen LogP contribution < -0.4 is 10.6 Å². The van der Waals surface area contributed by atoms with Crippen LogP contribution in [0.2, 0.25) is 0 Å². The fourth-order valence-corrected chi connectivity index (χ4v) is 3.57. The van der Waals surface area contributed by atoms with Crippen molar-refractivity contribution in [3.05, 3.63) is 15.6 Å². The summed E-state index contributed by atoms with van der Waals surface area (Å²) >= 11 is 1.36. The molecule has 0 radical (unpaired) electrons. The number of aliphatic imine (C=N–C) groups is 1. The molecule has 1 rings (SSSR count). The molecule has 28 heavy (non-hydrogen) atoms. The number of halogens is 1. The van der Waals surface area contributed by atoms with Gasteiger partial charge in [0.2, 0.25) is 0 Å². The summed E-state index contributed by atoms with van der Waals surface area (Å²) in [5.74, 6) is 0.858. The Morgan fingerprint density at radius 2 is 1.93 bits per heavy atom. The second-order valence-corrected chi connectivity index (χ2v) is 7.61. The van der Waals surface area contributed by atoms with E-state index in [1.807, 2.05) is 20.8 Å². The van der Waals surface area contributed by atoms with Crippen LogP contribution in [0.3, 0.4) is 0 Å². The third kappa shape index (κ3) is 8.60. The number of aryl methyl sites for hydroxylation is 1. The van der Waals surface area contributed by atoms with Gasteiger partial charge >= 0.3 is 5.97 Å². The molecule has 0 aliphatic carbocycles. The highest BCUT2D eigenvalue weighted by molar-refractivity contribution is 14.0. The summed E-state index contributed by atoms with van der Waals surface area (Å²) in [6.07, 6.45) is 1.14. The van der Waals surface area contributed by atoms with E-state index in [0.717, 1.165) is 24.6 Å². The number of nitrogens with one attached hydrogen (secondary N) is 2. The molecule has 0 aromatic carbocycles. The minimum absolute atomic E-state index is 0. The number of rotatable bonds is 10. The van der Waals surface area contributed by atoms with Crippen molar-refractivity contribution >= 4 is 47.2 Å². The molecule has 7 nitrogen and oxygen atoms in total. The zero-order valence-corrected chi connectivity index (χ0v) is 21.1. The monoisotopic (exact) mass is 526 g/mol. The lowest BCUT2D eigenvalue weighted by molar-refractivity contribution is 0.0258. The molecular formula is C19H35IN4O3S. The third-order valence-corrected chi connectivity index (χ3v) is 5.39. The molecule has 162 valence electrons. The number of carbonyl (C=O) groups is 1. The molecule has 0 bridgehead atoms. The zero-order chi connectivity index (χ0) is 20.4. The van der Waals surface area contributed by atoms with Crippen molar-refractivity contribution in [2.75, 3.05) is 26.8 Å². The van der Waals surface area contributed by atoms with Gasteiger partial charge in [-0.15, -0.1) is 35.3 Å². The average molecular weight is 526 g/mol. The number of thiazole rings is 1. The highest BCUT2D eigenvalue weighted by atomic mass is 127. The lowest BCUT2D eigenvalue weighted by atomic mass is 10.0. The van der Waals surface area contributed by atoms with Crippen LogP contribution in [0.4, 0.5) is 0 Å². The Morgan fingerprint density at radius 1 is 1.25 bits per heavy atom. The quantitative estimate of drug-likeness (QED) is 0.208. The number of ether oxygens (including phenoxy) is 2. The smallest absolute Gasteiger partial charge is 0.350 e. The zero-order valence-electron chi connectivity index (χ0n) is 18.0. The summed E-state index contributed by atoms with van der Waals surface area (Å²) in [5, 5.41) is 7.47. The van der Waals surface area contributed by atoms with E-state index in [1.54, 1.807) is 14.0 Å². The van der Waals surface area contributed by atoms with Crippen LogP contribution in [0.25, 0.3) is 0 Å². The van der Waals surface area contributed by atoms with E-state index in [4.69, 9.17) is 9.47 Å². The highest BCUT2D eigenvalue weighted by Crippen LogP contribution is 2.24. The lowest BCUT2D eigenvalue weighted by Gasteiger charge is -2.22. The maximum Gasteiger partial charge on any atom is 0.350 e. The topological polar surface area (TPSA) is 84.8 Å². The van der Waals surface area contributed by atoms with Gasteiger partial charge in [-0.3, -0.25) is 4.99 Å². The summed E-state index contributed by atoms with van der Waals surface area (Å²) in [6, 6.07) is -0.0733. The Labute approximate surface area is 190 Å². The van der Waals surface area contributed by atoms with E-state index in [0.29, 0.717) is 29.1 Å². The van der Waals surface area contributed by atoms with E-state index in [9.17, 15) is 4.79 Å². The molecule has 0 amide bonds. The van der Waals surface area contributed by atoms with Crippen molar-refractivity contribution in [1.82, 2.24) is 15.6 Å². The number of carbonyl (C=O) groups excluding carboxylic acids is 1. The minimum atomic E-state index is -0.316. The van der Waals surface area contributed by atoms with Crippen molar-refractivity contribution in [1.29, 1.82) is 0 Å². The van der Waals surface area contributed by atoms with Crippen LogP contribution in [0.1, 0.15) is 67.5 Å². The van der Waals surface area contributed by atoms with Crippen LogP contribution >= 0.6 is 35.3 Å². The predicted octanol–water partition coefficient (Wildman–Crippen LogP) is 3.92. The van der Waals surface area contributed by atoms with E-state index in [1.165, 1.54) is 11.3 Å². The molecule has 0 saturated heterocycles. The predicted molar refractivity (Wildman–Crippen MR) is 126 cm³/mol. The maximum absolute atomic E-state index is 12.0. The first kappa shape index (κ1) is 27.1. The molecule has 0 aliphatic heterocycles. The Hall–Kier alpha value is -0.940. The van der Waals surface area contributed by atoms with Crippen molar-refractivity contribution < 1.29 is 14.3 Å². The van der Waals surface area contributed by atoms with Crippen LogP contribution in [0, 0.1) is 12.8 Å². The summed E-state index contributed by atoms with van der Waals surface area (Å²) < 4.78 is 10.9. The van der Waals surface area contributed by atoms with Crippen LogP contribution in [0.5, 0.6) is 0 Å². The first-order valence-electron chi connectivity index (χ1n) is 9.57. The Kier molecular flexibility index (Phi) is 13.6. The Bertz CT molecular complexity index is 622. The van der Waals surface area contributed by atoms with Crippen LogP contribution in [0.15, 0.2) is 4.99 Å². The standard InChI is InChI=1S/C19H34N4O3S.HI/c1-8-25-15(12(3)4)10-11-21-19(20-7)23-14(6)17-22-13(5)16(27-17)18(24)26-9-2;/h12,14-15H,8-11H2,1-7H3,(H2,20,21,23);1H. The van der Waals surface area contributed by atoms with Gasteiger partial charge < -0.3 is 20.1 Å². The molecule has 0 aliphatic rings. The largest absolute Gasteiger partial charge is 0.462 e. The number of guanidine groups is 1. The second-order valence-electron chi connectivity index (χ2n) is 6.58. The molecule has 1 heterocycles. The van der Waals surface area contributed by atoms with Gasteiger partial charge in [0.25, 0.3) is 0 Å². The molecule has 2 unspecified atom stereocenters. The number of hydrogen-bond acceptors (Lipinski definition) is 6. The van der Waals surface area contributed by atoms with Crippen LogP contribution in [-0.4, -0.2) is 49.8 Å². The number of esters is 1. The fourth-order valence-electron chi connectivity index (χ4n) is 2.61. The molecule has 1 aromatic rings. The van der Waals surface area contributed by atoms with Crippen molar-refractivity contribution in [2.45, 2.75) is 60.1 Å². The maximum atomic E-state index is 12.0. The summed E-state index contributed by atoms with van der Waals surface area (Å²) in [5.41, 5.74) is 0.696. The Balaban J connectivity index is 0.00000729. The van der Waals surface area contributed by atoms with Gasteiger partial charge in [-0.1, -0.05) is 13.8 Å². The highest BCUT2D eigenvalue weighted by Gasteiger charge is 2.20. The molecule has 1 aromatic heterocycles. The Morgan fingerprint density at radius 3 is 2.46 bits per heavy atom. The van der Waals surface area contributed by atoms with Crippen molar-refractivity contribution in [3.8, 4) is 0 Å². The number of hydrogen-bond donors (Lipinski definition) is 2. The molecule has 0 fully saturated rings. The summed E-state index contributed by atoms with van der Waals surface area (Å²) in [7, 11) is 1.74.